The Morgan fingerprint density at radius 1 is 1.56 bits per heavy atom. The van der Waals surface area contributed by atoms with Crippen LogP contribution in [-0.4, -0.2) is 30.0 Å². The van der Waals surface area contributed by atoms with E-state index in [0.717, 1.165) is 5.56 Å². The first-order valence-electron chi connectivity index (χ1n) is 5.53. The van der Waals surface area contributed by atoms with Gasteiger partial charge in [-0.2, -0.15) is 5.26 Å². The summed E-state index contributed by atoms with van der Waals surface area (Å²) in [4.78, 5) is 12.3. The van der Waals surface area contributed by atoms with Gasteiger partial charge in [-0.25, -0.2) is 0 Å². The van der Waals surface area contributed by atoms with Gasteiger partial charge in [0, 0.05) is 12.6 Å². The average Bonchev–Trinajstić information content (AvgIpc) is 2.38. The zero-order valence-corrected chi connectivity index (χ0v) is 10.4. The second-order valence-corrected chi connectivity index (χ2v) is 3.72. The zero-order chi connectivity index (χ0) is 13.5. The van der Waals surface area contributed by atoms with E-state index in [1.54, 1.807) is 12.1 Å². The van der Waals surface area contributed by atoms with Crippen molar-refractivity contribution in [3.8, 4) is 11.8 Å². The van der Waals surface area contributed by atoms with E-state index in [9.17, 15) is 10.1 Å². The minimum atomic E-state index is -0.469. The minimum absolute atomic E-state index is 0.0528. The maximum atomic E-state index is 10.9. The Labute approximate surface area is 106 Å². The molecule has 0 saturated heterocycles. The summed E-state index contributed by atoms with van der Waals surface area (Å²) in [7, 11) is 1.40. The summed E-state index contributed by atoms with van der Waals surface area (Å²) >= 11 is 0. The number of methoxy groups -OCH3 is 1. The number of rotatable bonds is 6. The quantitative estimate of drug-likeness (QED) is 0.437. The molecule has 0 amide bonds. The molecule has 1 rings (SSSR count). The van der Waals surface area contributed by atoms with Crippen LogP contribution in [0, 0.1) is 21.4 Å². The number of nitro benzene ring substituents is 1. The molecule has 0 heterocycles. The molecular formula is C12H15N3O3. The SMILES string of the molecule is CCN(CC#N)Cc1ccc(OC)c([N+](=O)[O-])c1. The molecule has 0 N–H and O–H groups in total. The third kappa shape index (κ3) is 3.43. The van der Waals surface area contributed by atoms with Crippen molar-refractivity contribution in [3.05, 3.63) is 33.9 Å². The van der Waals surface area contributed by atoms with Crippen molar-refractivity contribution in [2.24, 2.45) is 0 Å². The summed E-state index contributed by atoms with van der Waals surface area (Å²) in [5.74, 6) is 0.243. The normalized spacial score (nSPS) is 10.1. The summed E-state index contributed by atoms with van der Waals surface area (Å²) in [5, 5.41) is 19.5. The number of nitro groups is 1. The van der Waals surface area contributed by atoms with Crippen molar-refractivity contribution in [1.82, 2.24) is 4.90 Å². The van der Waals surface area contributed by atoms with E-state index < -0.39 is 4.92 Å². The minimum Gasteiger partial charge on any atom is -0.490 e. The summed E-state index contributed by atoms with van der Waals surface area (Å²) in [6.07, 6.45) is 0. The fourth-order valence-corrected chi connectivity index (χ4v) is 1.61. The van der Waals surface area contributed by atoms with Crippen molar-refractivity contribution in [1.29, 1.82) is 5.26 Å². The van der Waals surface area contributed by atoms with Gasteiger partial charge in [0.25, 0.3) is 0 Å². The third-order valence-electron chi connectivity index (χ3n) is 2.59. The largest absolute Gasteiger partial charge is 0.490 e. The molecule has 0 aliphatic rings. The van der Waals surface area contributed by atoms with Gasteiger partial charge < -0.3 is 4.74 Å². The number of hydrogen-bond acceptors (Lipinski definition) is 5. The van der Waals surface area contributed by atoms with Gasteiger partial charge in [-0.1, -0.05) is 13.0 Å². The van der Waals surface area contributed by atoms with Crippen LogP contribution in [0.25, 0.3) is 0 Å². The van der Waals surface area contributed by atoms with Crippen molar-refractivity contribution >= 4 is 5.69 Å². The number of ether oxygens (including phenoxy) is 1. The van der Waals surface area contributed by atoms with Gasteiger partial charge in [0.05, 0.1) is 24.6 Å². The van der Waals surface area contributed by atoms with E-state index in [2.05, 4.69) is 6.07 Å². The van der Waals surface area contributed by atoms with Crippen molar-refractivity contribution < 1.29 is 9.66 Å². The summed E-state index contributed by atoms with van der Waals surface area (Å²) in [5.41, 5.74) is 0.739. The molecule has 0 fully saturated rings. The molecule has 0 aliphatic heterocycles. The van der Waals surface area contributed by atoms with Crippen LogP contribution in [0.15, 0.2) is 18.2 Å². The molecule has 0 radical (unpaired) electrons. The summed E-state index contributed by atoms with van der Waals surface area (Å²) in [6, 6.07) is 6.90. The van der Waals surface area contributed by atoms with E-state index in [1.807, 2.05) is 11.8 Å². The Bertz CT molecular complexity index is 468. The lowest BCUT2D eigenvalue weighted by molar-refractivity contribution is -0.385. The Kier molecular flexibility index (Phi) is 5.08. The third-order valence-corrected chi connectivity index (χ3v) is 2.59. The Morgan fingerprint density at radius 2 is 2.28 bits per heavy atom. The van der Waals surface area contributed by atoms with Crippen LogP contribution in [0.2, 0.25) is 0 Å². The fourth-order valence-electron chi connectivity index (χ4n) is 1.61. The highest BCUT2D eigenvalue weighted by Gasteiger charge is 2.15. The number of hydrogen-bond donors (Lipinski definition) is 0. The Balaban J connectivity index is 2.94. The molecule has 0 aromatic heterocycles. The van der Waals surface area contributed by atoms with Crippen LogP contribution in [0.4, 0.5) is 5.69 Å². The maximum Gasteiger partial charge on any atom is 0.311 e. The lowest BCUT2D eigenvalue weighted by Gasteiger charge is -2.16. The van der Waals surface area contributed by atoms with E-state index in [1.165, 1.54) is 13.2 Å². The predicted molar refractivity (Wildman–Crippen MR) is 66.2 cm³/mol. The van der Waals surface area contributed by atoms with Gasteiger partial charge >= 0.3 is 5.69 Å². The Hall–Kier alpha value is -2.13. The molecule has 0 unspecified atom stereocenters. The van der Waals surface area contributed by atoms with Gasteiger partial charge in [-0.05, 0) is 18.2 Å². The zero-order valence-electron chi connectivity index (χ0n) is 10.4. The monoisotopic (exact) mass is 249 g/mol. The second kappa shape index (κ2) is 6.57. The average molecular weight is 249 g/mol. The molecule has 6 nitrogen and oxygen atoms in total. The van der Waals surface area contributed by atoms with Gasteiger partial charge in [0.1, 0.15) is 0 Å². The van der Waals surface area contributed by atoms with E-state index in [-0.39, 0.29) is 11.4 Å². The van der Waals surface area contributed by atoms with E-state index in [4.69, 9.17) is 10.00 Å². The number of benzene rings is 1. The summed E-state index contributed by atoms with van der Waals surface area (Å²) in [6.45, 7) is 3.47. The van der Waals surface area contributed by atoms with Crippen LogP contribution in [0.1, 0.15) is 12.5 Å². The fraction of sp³-hybridized carbons (Fsp3) is 0.417. The lowest BCUT2D eigenvalue weighted by Crippen LogP contribution is -2.23. The van der Waals surface area contributed by atoms with Gasteiger partial charge in [0.15, 0.2) is 5.75 Å². The molecule has 0 atom stereocenters. The summed E-state index contributed by atoms with van der Waals surface area (Å²) < 4.78 is 4.93. The van der Waals surface area contributed by atoms with Crippen molar-refractivity contribution in [2.45, 2.75) is 13.5 Å². The standard InChI is InChI=1S/C12H15N3O3/c1-3-14(7-6-13)9-10-4-5-12(18-2)11(8-10)15(16)17/h4-5,8H,3,7,9H2,1-2H3. The topological polar surface area (TPSA) is 79.4 Å². The van der Waals surface area contributed by atoms with Gasteiger partial charge in [-0.15, -0.1) is 0 Å². The molecule has 0 aliphatic carbocycles. The van der Waals surface area contributed by atoms with Gasteiger partial charge in [0.2, 0.25) is 0 Å². The van der Waals surface area contributed by atoms with Crippen molar-refractivity contribution in [3.63, 3.8) is 0 Å². The molecule has 0 bridgehead atoms. The van der Waals surface area contributed by atoms with Crippen LogP contribution >= 0.6 is 0 Å². The molecule has 18 heavy (non-hydrogen) atoms. The second-order valence-electron chi connectivity index (χ2n) is 3.72. The predicted octanol–water partition coefficient (Wildman–Crippen LogP) is 1.95. The van der Waals surface area contributed by atoms with Crippen LogP contribution in [0.5, 0.6) is 5.75 Å². The first-order chi connectivity index (χ1) is 8.62. The van der Waals surface area contributed by atoms with Crippen LogP contribution < -0.4 is 4.74 Å². The van der Waals surface area contributed by atoms with E-state index >= 15 is 0 Å². The molecule has 6 heteroatoms. The van der Waals surface area contributed by atoms with E-state index in [0.29, 0.717) is 19.6 Å². The first kappa shape index (κ1) is 13.9. The molecule has 96 valence electrons. The molecular weight excluding hydrogens is 234 g/mol. The Morgan fingerprint density at radius 3 is 2.78 bits per heavy atom. The molecule has 0 spiro atoms. The smallest absolute Gasteiger partial charge is 0.311 e. The first-order valence-corrected chi connectivity index (χ1v) is 5.53. The maximum absolute atomic E-state index is 10.9. The van der Waals surface area contributed by atoms with Crippen LogP contribution in [-0.2, 0) is 6.54 Å². The van der Waals surface area contributed by atoms with Crippen molar-refractivity contribution in [2.75, 3.05) is 20.2 Å². The molecule has 1 aromatic carbocycles. The highest BCUT2D eigenvalue weighted by atomic mass is 16.6. The highest BCUT2D eigenvalue weighted by Crippen LogP contribution is 2.27. The highest BCUT2D eigenvalue weighted by molar-refractivity contribution is 5.48. The van der Waals surface area contributed by atoms with Gasteiger partial charge in [-0.3, -0.25) is 15.0 Å². The molecule has 0 saturated carbocycles. The lowest BCUT2D eigenvalue weighted by atomic mass is 10.1. The van der Waals surface area contributed by atoms with Crippen LogP contribution in [0.3, 0.4) is 0 Å². The molecule has 1 aromatic rings. The number of nitrogens with zero attached hydrogens (tertiary/aromatic N) is 3. The number of nitriles is 1.